The second-order valence-electron chi connectivity index (χ2n) is 3.12. The van der Waals surface area contributed by atoms with E-state index in [1.165, 1.54) is 12.8 Å². The predicted molar refractivity (Wildman–Crippen MR) is 34.1 cm³/mol. The molecule has 1 aliphatic heterocycles. The van der Waals surface area contributed by atoms with E-state index >= 15 is 0 Å². The number of Topliss-reactive ketones (excluding diaryl/α,β-unsaturated/α-hetero) is 1. The summed E-state index contributed by atoms with van der Waals surface area (Å²) >= 11 is 0. The van der Waals surface area contributed by atoms with Gasteiger partial charge in [0.1, 0.15) is 5.78 Å². The zero-order valence-corrected chi connectivity index (χ0v) is 5.55. The Kier molecular flexibility index (Phi) is 0.943. The molecule has 1 heterocycles. The third-order valence-corrected chi connectivity index (χ3v) is 2.19. The maximum Gasteiger partial charge on any atom is 0.148 e. The quantitative estimate of drug-likeness (QED) is 0.540. The van der Waals surface area contributed by atoms with Gasteiger partial charge in [-0.25, -0.2) is 0 Å². The average Bonchev–Trinajstić information content (AvgIpc) is 2.60. The van der Waals surface area contributed by atoms with Crippen LogP contribution in [0, 0.1) is 5.92 Å². The minimum atomic E-state index is 0.234. The Morgan fingerprint density at radius 1 is 1.56 bits per heavy atom. The highest BCUT2D eigenvalue weighted by atomic mass is 16.1. The summed E-state index contributed by atoms with van der Waals surface area (Å²) in [7, 11) is 0. The van der Waals surface area contributed by atoms with Gasteiger partial charge in [-0.2, -0.15) is 0 Å². The van der Waals surface area contributed by atoms with Crippen LogP contribution in [0.1, 0.15) is 19.8 Å². The maximum absolute atomic E-state index is 10.7. The van der Waals surface area contributed by atoms with Gasteiger partial charge in [-0.1, -0.05) is 0 Å². The van der Waals surface area contributed by atoms with Crippen molar-refractivity contribution in [2.75, 3.05) is 0 Å². The fourth-order valence-electron chi connectivity index (χ4n) is 1.39. The molecule has 2 rings (SSSR count). The van der Waals surface area contributed by atoms with E-state index in [0.717, 1.165) is 5.92 Å². The minimum Gasteiger partial charge on any atom is -0.301 e. The van der Waals surface area contributed by atoms with Crippen LogP contribution >= 0.6 is 0 Å². The molecule has 0 aromatic carbocycles. The molecule has 0 radical (unpaired) electrons. The Morgan fingerprint density at radius 3 is 2.56 bits per heavy atom. The topological polar surface area (TPSA) is 39.0 Å². The maximum atomic E-state index is 10.7. The Morgan fingerprint density at radius 2 is 2.22 bits per heavy atom. The SMILES string of the molecule is CC(=O)C1NC1C1CC1. The molecule has 2 aliphatic rings. The molecule has 2 heteroatoms. The molecule has 0 bridgehead atoms. The second kappa shape index (κ2) is 1.57. The van der Waals surface area contributed by atoms with Crippen molar-refractivity contribution in [2.45, 2.75) is 31.8 Å². The van der Waals surface area contributed by atoms with E-state index in [1.807, 2.05) is 0 Å². The average molecular weight is 125 g/mol. The normalized spacial score (nSPS) is 40.6. The van der Waals surface area contributed by atoms with Gasteiger partial charge in [0, 0.05) is 6.04 Å². The third kappa shape index (κ3) is 0.874. The van der Waals surface area contributed by atoms with E-state index in [4.69, 9.17) is 0 Å². The molecular formula is C7H11NO. The van der Waals surface area contributed by atoms with E-state index in [2.05, 4.69) is 5.32 Å². The molecule has 2 atom stereocenters. The smallest absolute Gasteiger partial charge is 0.148 e. The van der Waals surface area contributed by atoms with Crippen LogP contribution in [0.2, 0.25) is 0 Å². The van der Waals surface area contributed by atoms with E-state index in [9.17, 15) is 4.79 Å². The lowest BCUT2D eigenvalue weighted by atomic mass is 10.2. The molecule has 2 fully saturated rings. The van der Waals surface area contributed by atoms with Gasteiger partial charge in [-0.15, -0.1) is 0 Å². The summed E-state index contributed by atoms with van der Waals surface area (Å²) in [5.41, 5.74) is 0. The fourth-order valence-corrected chi connectivity index (χ4v) is 1.39. The second-order valence-corrected chi connectivity index (χ2v) is 3.12. The molecule has 1 N–H and O–H groups in total. The number of ketones is 1. The first kappa shape index (κ1) is 5.42. The van der Waals surface area contributed by atoms with Gasteiger partial charge in [0.25, 0.3) is 0 Å². The van der Waals surface area contributed by atoms with Crippen LogP contribution in [-0.2, 0) is 4.79 Å². The summed E-state index contributed by atoms with van der Waals surface area (Å²) in [5, 5.41) is 3.18. The summed E-state index contributed by atoms with van der Waals surface area (Å²) < 4.78 is 0. The summed E-state index contributed by atoms with van der Waals surface area (Å²) in [4.78, 5) is 10.7. The van der Waals surface area contributed by atoms with Gasteiger partial charge in [0.05, 0.1) is 6.04 Å². The molecule has 1 saturated heterocycles. The largest absolute Gasteiger partial charge is 0.301 e. The van der Waals surface area contributed by atoms with Crippen molar-refractivity contribution in [3.63, 3.8) is 0 Å². The van der Waals surface area contributed by atoms with Gasteiger partial charge in [-0.05, 0) is 25.7 Å². The molecule has 1 saturated carbocycles. The molecule has 0 amide bonds. The number of nitrogens with one attached hydrogen (secondary N) is 1. The first-order chi connectivity index (χ1) is 4.29. The minimum absolute atomic E-state index is 0.234. The van der Waals surface area contributed by atoms with Crippen molar-refractivity contribution in [1.29, 1.82) is 0 Å². The number of rotatable bonds is 2. The Labute approximate surface area is 54.6 Å². The summed E-state index contributed by atoms with van der Waals surface area (Å²) in [5.74, 6) is 1.16. The summed E-state index contributed by atoms with van der Waals surface area (Å²) in [6, 6.07) is 0.806. The standard InChI is InChI=1S/C7H11NO/c1-4(9)6-7(8-6)5-2-3-5/h5-8H,2-3H2,1H3. The zero-order valence-electron chi connectivity index (χ0n) is 5.55. The van der Waals surface area contributed by atoms with E-state index in [1.54, 1.807) is 6.92 Å². The van der Waals surface area contributed by atoms with Crippen LogP contribution in [0.3, 0.4) is 0 Å². The Balaban J connectivity index is 1.87. The van der Waals surface area contributed by atoms with Crippen LogP contribution in [0.25, 0.3) is 0 Å². The van der Waals surface area contributed by atoms with Gasteiger partial charge >= 0.3 is 0 Å². The first-order valence-electron chi connectivity index (χ1n) is 3.55. The number of hydrogen-bond acceptors (Lipinski definition) is 2. The summed E-state index contributed by atoms with van der Waals surface area (Å²) in [6.07, 6.45) is 2.67. The molecular weight excluding hydrogens is 114 g/mol. The van der Waals surface area contributed by atoms with E-state index < -0.39 is 0 Å². The number of carbonyl (C=O) groups is 1. The van der Waals surface area contributed by atoms with Crippen molar-refractivity contribution in [3.05, 3.63) is 0 Å². The summed E-state index contributed by atoms with van der Waals surface area (Å²) in [6.45, 7) is 1.67. The molecule has 9 heavy (non-hydrogen) atoms. The van der Waals surface area contributed by atoms with Gasteiger partial charge in [0.2, 0.25) is 0 Å². The van der Waals surface area contributed by atoms with Crippen molar-refractivity contribution in [1.82, 2.24) is 5.32 Å². The van der Waals surface area contributed by atoms with Gasteiger partial charge < -0.3 is 5.32 Å². The molecule has 50 valence electrons. The van der Waals surface area contributed by atoms with Crippen molar-refractivity contribution in [2.24, 2.45) is 5.92 Å². The highest BCUT2D eigenvalue weighted by Gasteiger charge is 2.49. The highest BCUT2D eigenvalue weighted by Crippen LogP contribution is 2.39. The van der Waals surface area contributed by atoms with E-state index in [-0.39, 0.29) is 6.04 Å². The highest BCUT2D eigenvalue weighted by molar-refractivity contribution is 5.85. The van der Waals surface area contributed by atoms with E-state index in [0.29, 0.717) is 11.8 Å². The lowest BCUT2D eigenvalue weighted by Gasteiger charge is -1.84. The monoisotopic (exact) mass is 125 g/mol. The first-order valence-corrected chi connectivity index (χ1v) is 3.55. The molecule has 0 aromatic heterocycles. The van der Waals surface area contributed by atoms with Crippen molar-refractivity contribution < 1.29 is 4.79 Å². The number of carbonyl (C=O) groups excluding carboxylic acids is 1. The molecule has 0 spiro atoms. The zero-order chi connectivity index (χ0) is 6.43. The van der Waals surface area contributed by atoms with Crippen LogP contribution in [0.4, 0.5) is 0 Å². The Bertz CT molecular complexity index is 151. The fraction of sp³-hybridized carbons (Fsp3) is 0.857. The van der Waals surface area contributed by atoms with Gasteiger partial charge in [-0.3, -0.25) is 4.79 Å². The van der Waals surface area contributed by atoms with Crippen molar-refractivity contribution >= 4 is 5.78 Å². The third-order valence-electron chi connectivity index (χ3n) is 2.19. The van der Waals surface area contributed by atoms with Crippen molar-refractivity contribution in [3.8, 4) is 0 Å². The number of hydrogen-bond donors (Lipinski definition) is 1. The van der Waals surface area contributed by atoms with Gasteiger partial charge in [0.15, 0.2) is 0 Å². The van der Waals surface area contributed by atoms with Crippen LogP contribution in [-0.4, -0.2) is 17.9 Å². The lowest BCUT2D eigenvalue weighted by Crippen LogP contribution is -2.05. The molecule has 2 unspecified atom stereocenters. The van der Waals surface area contributed by atoms with Crippen LogP contribution in [0.15, 0.2) is 0 Å². The molecule has 2 nitrogen and oxygen atoms in total. The Hall–Kier alpha value is -0.370. The molecule has 0 aromatic rings. The van der Waals surface area contributed by atoms with Crippen LogP contribution < -0.4 is 5.32 Å². The van der Waals surface area contributed by atoms with Crippen LogP contribution in [0.5, 0.6) is 0 Å². The lowest BCUT2D eigenvalue weighted by molar-refractivity contribution is -0.116. The predicted octanol–water partition coefficient (Wildman–Crippen LogP) is 0.326. The molecule has 1 aliphatic carbocycles.